The molecule has 0 aliphatic rings. The second-order valence-corrected chi connectivity index (χ2v) is 8.83. The van der Waals surface area contributed by atoms with Crippen molar-refractivity contribution in [1.82, 2.24) is 0 Å². The Bertz CT molecular complexity index is 1790. The van der Waals surface area contributed by atoms with Gasteiger partial charge in [-0.3, -0.25) is 60.7 Å². The average Bonchev–Trinajstić information content (AvgIpc) is 2.95. The lowest BCUT2D eigenvalue weighted by molar-refractivity contribution is -0.422. The monoisotopic (exact) mass is 624 g/mol. The highest BCUT2D eigenvalue weighted by atomic mass is 16.7. The van der Waals surface area contributed by atoms with Gasteiger partial charge in [0.05, 0.1) is 46.2 Å². The van der Waals surface area contributed by atoms with E-state index in [1.807, 2.05) is 0 Å². The third-order valence-electron chi connectivity index (χ3n) is 6.35. The van der Waals surface area contributed by atoms with Gasteiger partial charge < -0.3 is 15.3 Å². The van der Waals surface area contributed by atoms with E-state index in [0.717, 1.165) is 36.4 Å². The first-order chi connectivity index (χ1) is 21.1. The number of phenols is 3. The molecule has 0 heterocycles. The van der Waals surface area contributed by atoms with Gasteiger partial charge in [-0.25, -0.2) is 0 Å². The molecule has 0 radical (unpaired) electrons. The largest absolute Gasteiger partial charge is 0.502 e. The Morgan fingerprint density at radius 2 is 0.556 bits per heavy atom. The van der Waals surface area contributed by atoms with Gasteiger partial charge in [0.25, 0.3) is 0 Å². The second kappa shape index (κ2) is 11.2. The van der Waals surface area contributed by atoms with Gasteiger partial charge in [-0.05, 0) is 71.3 Å². The van der Waals surface area contributed by atoms with E-state index in [-0.39, 0.29) is 0 Å². The van der Waals surface area contributed by atoms with Gasteiger partial charge in [-0.1, -0.05) is 0 Å². The summed E-state index contributed by atoms with van der Waals surface area (Å²) in [6.07, 6.45) is 0. The molecule has 0 amide bonds. The van der Waals surface area contributed by atoms with Gasteiger partial charge in [0.2, 0.25) is 17.2 Å². The molecule has 0 bridgehead atoms. The fourth-order valence-corrected chi connectivity index (χ4v) is 4.59. The van der Waals surface area contributed by atoms with Crippen LogP contribution < -0.4 is 0 Å². The van der Waals surface area contributed by atoms with Crippen molar-refractivity contribution in [3.8, 4) is 50.6 Å². The molecule has 0 aromatic heterocycles. The van der Waals surface area contributed by atoms with Crippen LogP contribution in [0, 0.1) is 60.7 Å². The second-order valence-electron chi connectivity index (χ2n) is 8.83. The molecule has 0 fully saturated rings. The van der Waals surface area contributed by atoms with E-state index >= 15 is 0 Å². The molecular formula is C24H12N6O15. The van der Waals surface area contributed by atoms with Crippen LogP contribution in [0.15, 0.2) is 54.6 Å². The summed E-state index contributed by atoms with van der Waals surface area (Å²) >= 11 is 0. The number of hydrogen-bond acceptors (Lipinski definition) is 15. The minimum absolute atomic E-state index is 0.438. The van der Waals surface area contributed by atoms with Crippen LogP contribution in [0.5, 0.6) is 17.2 Å². The maximum absolute atomic E-state index is 12.0. The van der Waals surface area contributed by atoms with Gasteiger partial charge in [0.15, 0.2) is 0 Å². The normalized spacial score (nSPS) is 10.7. The fourth-order valence-electron chi connectivity index (χ4n) is 4.59. The van der Waals surface area contributed by atoms with Crippen LogP contribution in [-0.2, 0) is 0 Å². The molecule has 0 spiro atoms. The zero-order valence-corrected chi connectivity index (χ0v) is 21.6. The highest BCUT2D eigenvalue weighted by Crippen LogP contribution is 2.49. The van der Waals surface area contributed by atoms with Crippen LogP contribution in [-0.4, -0.2) is 44.9 Å². The van der Waals surface area contributed by atoms with E-state index < -0.39 is 114 Å². The lowest BCUT2D eigenvalue weighted by Crippen LogP contribution is -2.02. The van der Waals surface area contributed by atoms with Crippen LogP contribution in [0.3, 0.4) is 0 Å². The standard InChI is InChI=1S/C24H12N6O15/c31-16-4-1-13(19(25(34)35)22(16)28(40)41)10-7-11(14-2-5-17(32)23(29(42)43)20(14)26(36)37)9-12(8-10)15-3-6-18(33)24(30(44)45)21(15)27(38)39/h1-9,31-33H. The summed E-state index contributed by atoms with van der Waals surface area (Å²) in [4.78, 5) is 63.3. The molecule has 0 saturated carbocycles. The van der Waals surface area contributed by atoms with Crippen molar-refractivity contribution in [2.75, 3.05) is 0 Å². The molecule has 0 aliphatic carbocycles. The minimum atomic E-state index is -1.37. The average molecular weight is 624 g/mol. The number of nitro groups is 6. The summed E-state index contributed by atoms with van der Waals surface area (Å²) < 4.78 is 0. The summed E-state index contributed by atoms with van der Waals surface area (Å²) in [5.74, 6) is -3.37. The zero-order chi connectivity index (χ0) is 33.5. The Kier molecular flexibility index (Phi) is 7.60. The first-order valence-electron chi connectivity index (χ1n) is 11.7. The number of benzene rings is 4. The fraction of sp³-hybridized carbons (Fsp3) is 0. The van der Waals surface area contributed by atoms with Crippen molar-refractivity contribution >= 4 is 34.1 Å². The highest BCUT2D eigenvalue weighted by molar-refractivity contribution is 5.93. The maximum Gasteiger partial charge on any atom is 0.387 e. The zero-order valence-electron chi connectivity index (χ0n) is 21.6. The first-order valence-corrected chi connectivity index (χ1v) is 11.7. The summed E-state index contributed by atoms with van der Waals surface area (Å²) in [6, 6.07) is 7.40. The first kappa shape index (κ1) is 30.6. The molecule has 0 unspecified atom stereocenters. The lowest BCUT2D eigenvalue weighted by atomic mass is 9.90. The van der Waals surface area contributed by atoms with Gasteiger partial charge in [0, 0.05) is 0 Å². The van der Waals surface area contributed by atoms with Crippen molar-refractivity contribution in [3.05, 3.63) is 115 Å². The molecule has 228 valence electrons. The van der Waals surface area contributed by atoms with Crippen LogP contribution in [0.2, 0.25) is 0 Å². The predicted octanol–water partition coefficient (Wildman–Crippen LogP) is 5.25. The van der Waals surface area contributed by atoms with Crippen molar-refractivity contribution in [2.45, 2.75) is 0 Å². The van der Waals surface area contributed by atoms with E-state index in [2.05, 4.69) is 0 Å². The Morgan fingerprint density at radius 1 is 0.356 bits per heavy atom. The molecule has 21 heteroatoms. The maximum atomic E-state index is 12.0. The molecule has 4 aromatic carbocycles. The third-order valence-corrected chi connectivity index (χ3v) is 6.35. The van der Waals surface area contributed by atoms with Gasteiger partial charge >= 0.3 is 34.1 Å². The van der Waals surface area contributed by atoms with E-state index in [9.17, 15) is 76.0 Å². The third kappa shape index (κ3) is 5.25. The van der Waals surface area contributed by atoms with Gasteiger partial charge in [0.1, 0.15) is 0 Å². The smallest absolute Gasteiger partial charge is 0.387 e. The van der Waals surface area contributed by atoms with Crippen LogP contribution in [0.1, 0.15) is 0 Å². The minimum Gasteiger partial charge on any atom is -0.502 e. The molecule has 0 atom stereocenters. The van der Waals surface area contributed by atoms with Crippen LogP contribution in [0.4, 0.5) is 34.1 Å². The van der Waals surface area contributed by atoms with Gasteiger partial charge in [-0.2, -0.15) is 0 Å². The Balaban J connectivity index is 2.25. The SMILES string of the molecule is O=[N+]([O-])c1c(O)ccc(-c2cc(-c3ccc(O)c([N+](=O)[O-])c3[N+](=O)[O-])cc(-c3ccc(O)c([N+](=O)[O-])c3[N+](=O)[O-])c2)c1[N+](=O)[O-]. The highest BCUT2D eigenvalue weighted by Gasteiger charge is 2.37. The summed E-state index contributed by atoms with van der Waals surface area (Å²) in [5.41, 5.74) is -11.2. The summed E-state index contributed by atoms with van der Waals surface area (Å²) in [6.45, 7) is 0. The van der Waals surface area contributed by atoms with Crippen LogP contribution >= 0.6 is 0 Å². The summed E-state index contributed by atoms with van der Waals surface area (Å²) in [5, 5.41) is 101. The predicted molar refractivity (Wildman–Crippen MR) is 148 cm³/mol. The molecule has 45 heavy (non-hydrogen) atoms. The Morgan fingerprint density at radius 3 is 0.733 bits per heavy atom. The number of phenolic OH excluding ortho intramolecular Hbond substituents is 3. The van der Waals surface area contributed by atoms with E-state index in [1.165, 1.54) is 0 Å². The van der Waals surface area contributed by atoms with E-state index in [0.29, 0.717) is 18.2 Å². The molecule has 4 aromatic rings. The number of rotatable bonds is 9. The molecule has 0 aliphatic heterocycles. The molecule has 21 nitrogen and oxygen atoms in total. The topological polar surface area (TPSA) is 320 Å². The van der Waals surface area contributed by atoms with Gasteiger partial charge in [-0.15, -0.1) is 0 Å². The van der Waals surface area contributed by atoms with E-state index in [1.54, 1.807) is 0 Å². The molecule has 0 saturated heterocycles. The number of aromatic hydroxyl groups is 3. The molecule has 4 rings (SSSR count). The molecule has 3 N–H and O–H groups in total. The lowest BCUT2D eigenvalue weighted by Gasteiger charge is -2.13. The number of nitrogens with zero attached hydrogens (tertiary/aromatic N) is 6. The number of hydrogen-bond donors (Lipinski definition) is 3. The van der Waals surface area contributed by atoms with Crippen molar-refractivity contribution < 1.29 is 44.9 Å². The summed E-state index contributed by atoms with van der Waals surface area (Å²) in [7, 11) is 0. The van der Waals surface area contributed by atoms with Crippen molar-refractivity contribution in [2.24, 2.45) is 0 Å². The quantitative estimate of drug-likeness (QED) is 0.158. The number of nitro benzene ring substituents is 6. The molecular weight excluding hydrogens is 612 g/mol. The van der Waals surface area contributed by atoms with E-state index in [4.69, 9.17) is 0 Å². The van der Waals surface area contributed by atoms with Crippen molar-refractivity contribution in [1.29, 1.82) is 0 Å². The van der Waals surface area contributed by atoms with Crippen LogP contribution in [0.25, 0.3) is 33.4 Å². The van der Waals surface area contributed by atoms with Crippen molar-refractivity contribution in [3.63, 3.8) is 0 Å². The Labute approximate surface area is 245 Å². The Hall–Kier alpha value is -7.32.